The van der Waals surface area contributed by atoms with Crippen LogP contribution in [0.5, 0.6) is 0 Å². The molecule has 0 saturated heterocycles. The largest absolute Gasteiger partial charge is 0.451 e. The molecule has 26 heavy (non-hydrogen) atoms. The van der Waals surface area contributed by atoms with E-state index in [2.05, 4.69) is 26.6 Å². The quantitative estimate of drug-likeness (QED) is 0.658. The average molecular weight is 425 g/mol. The monoisotopic (exact) mass is 424 g/mol. The standard InChI is InChI=1S/C19H25BrN2O4/c1-13(18(24)21-11-14-6-3-2-4-7-14)26-17(23)12-22-19(25)15-8-5-9-16(20)10-15/h5,8-10,13-14H,2-4,6-7,11-12H2,1H3,(H,21,24)(H,22,25). The highest BCUT2D eigenvalue weighted by molar-refractivity contribution is 9.10. The number of carbonyl (C=O) groups is 3. The van der Waals surface area contributed by atoms with E-state index in [1.807, 2.05) is 0 Å². The lowest BCUT2D eigenvalue weighted by Gasteiger charge is -2.22. The van der Waals surface area contributed by atoms with Gasteiger partial charge >= 0.3 is 5.97 Å². The van der Waals surface area contributed by atoms with Gasteiger partial charge in [-0.1, -0.05) is 41.3 Å². The lowest BCUT2D eigenvalue weighted by Crippen LogP contribution is -2.40. The second kappa shape index (κ2) is 10.3. The van der Waals surface area contributed by atoms with Crippen molar-refractivity contribution in [2.75, 3.05) is 13.1 Å². The summed E-state index contributed by atoms with van der Waals surface area (Å²) < 4.78 is 5.86. The van der Waals surface area contributed by atoms with Crippen LogP contribution >= 0.6 is 15.9 Å². The number of halogens is 1. The summed E-state index contributed by atoms with van der Waals surface area (Å²) in [5, 5.41) is 5.33. The van der Waals surface area contributed by atoms with Gasteiger partial charge in [-0.25, -0.2) is 0 Å². The van der Waals surface area contributed by atoms with Crippen LogP contribution in [0.4, 0.5) is 0 Å². The van der Waals surface area contributed by atoms with Crippen LogP contribution in [0.15, 0.2) is 28.7 Å². The van der Waals surface area contributed by atoms with Gasteiger partial charge in [0.1, 0.15) is 6.54 Å². The van der Waals surface area contributed by atoms with Crippen molar-refractivity contribution in [1.29, 1.82) is 0 Å². The van der Waals surface area contributed by atoms with Crippen molar-refractivity contribution in [3.05, 3.63) is 34.3 Å². The maximum Gasteiger partial charge on any atom is 0.326 e. The van der Waals surface area contributed by atoms with Gasteiger partial charge in [0.15, 0.2) is 6.10 Å². The molecule has 0 radical (unpaired) electrons. The number of hydrogen-bond acceptors (Lipinski definition) is 4. The number of hydrogen-bond donors (Lipinski definition) is 2. The highest BCUT2D eigenvalue weighted by Gasteiger charge is 2.20. The van der Waals surface area contributed by atoms with Crippen LogP contribution in [-0.4, -0.2) is 37.0 Å². The lowest BCUT2D eigenvalue weighted by atomic mass is 9.89. The first-order valence-electron chi connectivity index (χ1n) is 8.96. The molecule has 0 heterocycles. The van der Waals surface area contributed by atoms with Gasteiger partial charge in [-0.2, -0.15) is 0 Å². The summed E-state index contributed by atoms with van der Waals surface area (Å²) in [7, 11) is 0. The molecule has 1 unspecified atom stereocenters. The van der Waals surface area contributed by atoms with E-state index >= 15 is 0 Å². The number of carbonyl (C=O) groups excluding carboxylic acids is 3. The third-order valence-corrected chi connectivity index (χ3v) is 4.94. The molecule has 0 aliphatic heterocycles. The minimum Gasteiger partial charge on any atom is -0.451 e. The maximum absolute atomic E-state index is 12.0. The molecule has 6 nitrogen and oxygen atoms in total. The molecule has 1 saturated carbocycles. The zero-order chi connectivity index (χ0) is 18.9. The average Bonchev–Trinajstić information content (AvgIpc) is 2.65. The van der Waals surface area contributed by atoms with Crippen molar-refractivity contribution >= 4 is 33.7 Å². The zero-order valence-electron chi connectivity index (χ0n) is 14.9. The fraction of sp³-hybridized carbons (Fsp3) is 0.526. The van der Waals surface area contributed by atoms with Crippen molar-refractivity contribution in [2.24, 2.45) is 5.92 Å². The highest BCUT2D eigenvalue weighted by atomic mass is 79.9. The number of esters is 1. The first-order valence-corrected chi connectivity index (χ1v) is 9.76. The van der Waals surface area contributed by atoms with Crippen molar-refractivity contribution in [2.45, 2.75) is 45.1 Å². The predicted molar refractivity (Wildman–Crippen MR) is 102 cm³/mol. The molecule has 2 N–H and O–H groups in total. The Morgan fingerprint density at radius 3 is 2.62 bits per heavy atom. The van der Waals surface area contributed by atoms with Gasteiger partial charge in [0, 0.05) is 16.6 Å². The summed E-state index contributed by atoms with van der Waals surface area (Å²) in [6.07, 6.45) is 5.08. The fourth-order valence-corrected chi connectivity index (χ4v) is 3.36. The Labute approximate surface area is 162 Å². The molecule has 2 rings (SSSR count). The second-order valence-electron chi connectivity index (χ2n) is 6.57. The minimum absolute atomic E-state index is 0.286. The van der Waals surface area contributed by atoms with Gasteiger partial charge in [0.25, 0.3) is 11.8 Å². The van der Waals surface area contributed by atoms with Crippen LogP contribution in [0.2, 0.25) is 0 Å². The molecule has 1 aliphatic carbocycles. The van der Waals surface area contributed by atoms with Crippen LogP contribution in [-0.2, 0) is 14.3 Å². The molecule has 0 aromatic heterocycles. The minimum atomic E-state index is -0.881. The van der Waals surface area contributed by atoms with Gasteiger partial charge in [0.2, 0.25) is 0 Å². The van der Waals surface area contributed by atoms with Crippen molar-refractivity contribution in [3.8, 4) is 0 Å². The Morgan fingerprint density at radius 1 is 1.19 bits per heavy atom. The van der Waals surface area contributed by atoms with E-state index < -0.39 is 12.1 Å². The van der Waals surface area contributed by atoms with Crippen LogP contribution in [0.25, 0.3) is 0 Å². The van der Waals surface area contributed by atoms with Crippen molar-refractivity contribution in [3.63, 3.8) is 0 Å². The normalized spacial score (nSPS) is 15.8. The third kappa shape index (κ3) is 6.78. The summed E-state index contributed by atoms with van der Waals surface area (Å²) in [5.41, 5.74) is 0.436. The lowest BCUT2D eigenvalue weighted by molar-refractivity contribution is -0.153. The molecule has 2 amide bonds. The summed E-state index contributed by atoms with van der Waals surface area (Å²) >= 11 is 3.29. The van der Waals surface area contributed by atoms with E-state index in [1.165, 1.54) is 26.2 Å². The number of nitrogens with one attached hydrogen (secondary N) is 2. The summed E-state index contributed by atoms with van der Waals surface area (Å²) in [6, 6.07) is 6.84. The Hall–Kier alpha value is -1.89. The van der Waals surface area contributed by atoms with Crippen LogP contribution in [0.3, 0.4) is 0 Å². The molecule has 1 atom stereocenters. The first-order chi connectivity index (χ1) is 12.5. The van der Waals surface area contributed by atoms with Gasteiger partial charge < -0.3 is 15.4 Å². The van der Waals surface area contributed by atoms with E-state index in [0.29, 0.717) is 18.0 Å². The zero-order valence-corrected chi connectivity index (χ0v) is 16.5. The van der Waals surface area contributed by atoms with Crippen LogP contribution in [0.1, 0.15) is 49.4 Å². The smallest absolute Gasteiger partial charge is 0.326 e. The first kappa shape index (κ1) is 20.4. The molecule has 1 aliphatic rings. The van der Waals surface area contributed by atoms with Crippen molar-refractivity contribution in [1.82, 2.24) is 10.6 Å². The summed E-state index contributed by atoms with van der Waals surface area (Å²) in [6.45, 7) is 1.87. The molecule has 142 valence electrons. The SMILES string of the molecule is CC(OC(=O)CNC(=O)c1cccc(Br)c1)C(=O)NCC1CCCCC1. The Morgan fingerprint density at radius 2 is 1.92 bits per heavy atom. The Balaban J connectivity index is 1.69. The van der Waals surface area contributed by atoms with Crippen molar-refractivity contribution < 1.29 is 19.1 Å². The van der Waals surface area contributed by atoms with E-state index in [1.54, 1.807) is 24.3 Å². The Kier molecular flexibility index (Phi) is 8.09. The summed E-state index contributed by atoms with van der Waals surface area (Å²) in [4.78, 5) is 35.9. The number of rotatable bonds is 7. The van der Waals surface area contributed by atoms with E-state index in [4.69, 9.17) is 4.74 Å². The number of benzene rings is 1. The molecule has 0 spiro atoms. The van der Waals surface area contributed by atoms with Gasteiger partial charge in [-0.15, -0.1) is 0 Å². The van der Waals surface area contributed by atoms with E-state index in [-0.39, 0.29) is 18.4 Å². The molecular weight excluding hydrogens is 400 g/mol. The molecule has 7 heteroatoms. The maximum atomic E-state index is 12.0. The molecule has 1 aromatic carbocycles. The van der Waals surface area contributed by atoms with E-state index in [0.717, 1.165) is 17.3 Å². The Bertz CT molecular complexity index is 644. The topological polar surface area (TPSA) is 84.5 Å². The second-order valence-corrected chi connectivity index (χ2v) is 7.49. The van der Waals surface area contributed by atoms with Gasteiger partial charge in [-0.3, -0.25) is 14.4 Å². The van der Waals surface area contributed by atoms with E-state index in [9.17, 15) is 14.4 Å². The van der Waals surface area contributed by atoms with Gasteiger partial charge in [0.05, 0.1) is 0 Å². The third-order valence-electron chi connectivity index (χ3n) is 4.45. The van der Waals surface area contributed by atoms with Crippen LogP contribution < -0.4 is 10.6 Å². The molecule has 1 aromatic rings. The molecule has 1 fully saturated rings. The molecular formula is C19H25BrN2O4. The van der Waals surface area contributed by atoms with Gasteiger partial charge in [-0.05, 0) is 43.9 Å². The number of amides is 2. The highest BCUT2D eigenvalue weighted by Crippen LogP contribution is 2.22. The van der Waals surface area contributed by atoms with Crippen LogP contribution in [0, 0.1) is 5.92 Å². The molecule has 0 bridgehead atoms. The summed E-state index contributed by atoms with van der Waals surface area (Å²) in [5.74, 6) is -0.811. The number of ether oxygens (including phenoxy) is 1. The predicted octanol–water partition coefficient (Wildman–Crippen LogP) is 2.81. The fourth-order valence-electron chi connectivity index (χ4n) is 2.96.